The van der Waals surface area contributed by atoms with Crippen LogP contribution in [0.5, 0.6) is 0 Å². The van der Waals surface area contributed by atoms with Crippen LogP contribution in [0.1, 0.15) is 44.1 Å². The summed E-state index contributed by atoms with van der Waals surface area (Å²) in [6.07, 6.45) is 8.60. The molecule has 0 saturated carbocycles. The molecule has 0 aliphatic carbocycles. The standard InChI is InChI=1S/C17H27NO/c19-15-6-2-5-13-18-14-7-10-17(18)12-11-16-8-3-1-4-9-16/h1,3-4,8-9,17,19H,2,5-7,10-15H2. The summed E-state index contributed by atoms with van der Waals surface area (Å²) in [4.78, 5) is 2.67. The number of unbranched alkanes of at least 4 members (excludes halogenated alkanes) is 2. The zero-order valence-corrected chi connectivity index (χ0v) is 11.9. The fourth-order valence-electron chi connectivity index (χ4n) is 3.10. The Balaban J connectivity index is 1.70. The summed E-state index contributed by atoms with van der Waals surface area (Å²) in [5.41, 5.74) is 1.47. The minimum Gasteiger partial charge on any atom is -0.396 e. The predicted molar refractivity (Wildman–Crippen MR) is 80.3 cm³/mol. The van der Waals surface area contributed by atoms with E-state index in [0.29, 0.717) is 6.61 Å². The fourth-order valence-corrected chi connectivity index (χ4v) is 3.10. The van der Waals surface area contributed by atoms with Crippen LogP contribution >= 0.6 is 0 Å². The van der Waals surface area contributed by atoms with Gasteiger partial charge in [-0.25, -0.2) is 0 Å². The average Bonchev–Trinajstić information content (AvgIpc) is 2.90. The molecule has 1 aliphatic rings. The van der Waals surface area contributed by atoms with Crippen molar-refractivity contribution in [3.05, 3.63) is 35.9 Å². The summed E-state index contributed by atoms with van der Waals surface area (Å²) in [5.74, 6) is 0. The summed E-state index contributed by atoms with van der Waals surface area (Å²) in [7, 11) is 0. The van der Waals surface area contributed by atoms with Gasteiger partial charge < -0.3 is 10.0 Å². The van der Waals surface area contributed by atoms with E-state index in [0.717, 1.165) is 12.5 Å². The molecule has 0 aromatic heterocycles. The first-order chi connectivity index (χ1) is 9.40. The van der Waals surface area contributed by atoms with Crippen molar-refractivity contribution in [3.63, 3.8) is 0 Å². The number of aryl methyl sites for hydroxylation is 1. The molecular weight excluding hydrogens is 234 g/mol. The van der Waals surface area contributed by atoms with E-state index in [1.54, 1.807) is 0 Å². The van der Waals surface area contributed by atoms with Gasteiger partial charge in [0.15, 0.2) is 0 Å². The van der Waals surface area contributed by atoms with Gasteiger partial charge in [-0.05, 0) is 63.6 Å². The molecule has 1 aromatic rings. The number of rotatable bonds is 8. The molecule has 1 fully saturated rings. The second kappa shape index (κ2) is 8.34. The summed E-state index contributed by atoms with van der Waals surface area (Å²) < 4.78 is 0. The highest BCUT2D eigenvalue weighted by atomic mass is 16.2. The van der Waals surface area contributed by atoms with E-state index >= 15 is 0 Å². The van der Waals surface area contributed by atoms with Gasteiger partial charge in [-0.1, -0.05) is 30.3 Å². The first-order valence-corrected chi connectivity index (χ1v) is 7.79. The second-order valence-electron chi connectivity index (χ2n) is 5.64. The van der Waals surface area contributed by atoms with Crippen LogP contribution in [0.3, 0.4) is 0 Å². The zero-order valence-electron chi connectivity index (χ0n) is 11.9. The Morgan fingerprint density at radius 3 is 2.74 bits per heavy atom. The van der Waals surface area contributed by atoms with Crippen LogP contribution in [0.4, 0.5) is 0 Å². The van der Waals surface area contributed by atoms with Crippen molar-refractivity contribution in [2.24, 2.45) is 0 Å². The Morgan fingerprint density at radius 2 is 1.95 bits per heavy atom. The molecule has 19 heavy (non-hydrogen) atoms. The molecule has 1 unspecified atom stereocenters. The molecule has 1 aliphatic heterocycles. The maximum atomic E-state index is 8.81. The third-order valence-electron chi connectivity index (χ3n) is 4.21. The second-order valence-corrected chi connectivity index (χ2v) is 5.64. The lowest BCUT2D eigenvalue weighted by atomic mass is 10.0. The van der Waals surface area contributed by atoms with Crippen molar-refractivity contribution >= 4 is 0 Å². The summed E-state index contributed by atoms with van der Waals surface area (Å²) in [6.45, 7) is 2.84. The van der Waals surface area contributed by atoms with Gasteiger partial charge in [-0.2, -0.15) is 0 Å². The lowest BCUT2D eigenvalue weighted by Crippen LogP contribution is -2.30. The van der Waals surface area contributed by atoms with Gasteiger partial charge in [0, 0.05) is 12.6 Å². The van der Waals surface area contributed by atoms with Gasteiger partial charge in [-0.3, -0.25) is 0 Å². The van der Waals surface area contributed by atoms with Crippen LogP contribution < -0.4 is 0 Å². The third kappa shape index (κ3) is 4.96. The largest absolute Gasteiger partial charge is 0.396 e. The fraction of sp³-hybridized carbons (Fsp3) is 0.647. The van der Waals surface area contributed by atoms with Crippen molar-refractivity contribution < 1.29 is 5.11 Å². The van der Waals surface area contributed by atoms with E-state index < -0.39 is 0 Å². The molecule has 2 heteroatoms. The van der Waals surface area contributed by atoms with Crippen molar-refractivity contribution in [1.29, 1.82) is 0 Å². The SMILES string of the molecule is OCCCCCN1CCCC1CCc1ccccc1. The van der Waals surface area contributed by atoms with Gasteiger partial charge >= 0.3 is 0 Å². The van der Waals surface area contributed by atoms with E-state index in [1.807, 2.05) is 0 Å². The van der Waals surface area contributed by atoms with Crippen LogP contribution in [-0.4, -0.2) is 35.7 Å². The molecule has 2 rings (SSSR count). The number of nitrogens with zero attached hydrogens (tertiary/aromatic N) is 1. The molecule has 1 aromatic carbocycles. The Morgan fingerprint density at radius 1 is 1.11 bits per heavy atom. The molecule has 1 N–H and O–H groups in total. The number of benzene rings is 1. The van der Waals surface area contributed by atoms with Crippen LogP contribution in [0.25, 0.3) is 0 Å². The summed E-state index contributed by atoms with van der Waals surface area (Å²) in [5, 5.41) is 8.81. The van der Waals surface area contributed by atoms with Gasteiger partial charge in [0.05, 0.1) is 0 Å². The maximum Gasteiger partial charge on any atom is 0.0431 e. The average molecular weight is 261 g/mol. The number of aliphatic hydroxyl groups is 1. The normalized spacial score (nSPS) is 19.9. The Labute approximate surface area is 117 Å². The lowest BCUT2D eigenvalue weighted by Gasteiger charge is -2.24. The molecule has 0 bridgehead atoms. The highest BCUT2D eigenvalue weighted by Gasteiger charge is 2.23. The zero-order chi connectivity index (χ0) is 13.3. The van der Waals surface area contributed by atoms with Gasteiger partial charge in [0.1, 0.15) is 0 Å². The monoisotopic (exact) mass is 261 g/mol. The predicted octanol–water partition coefficient (Wildman–Crippen LogP) is 3.25. The quantitative estimate of drug-likeness (QED) is 0.726. The Kier molecular flexibility index (Phi) is 6.38. The number of aliphatic hydroxyl groups excluding tert-OH is 1. The number of hydrogen-bond acceptors (Lipinski definition) is 2. The first kappa shape index (κ1) is 14.5. The first-order valence-electron chi connectivity index (χ1n) is 7.79. The highest BCUT2D eigenvalue weighted by molar-refractivity contribution is 5.14. The lowest BCUT2D eigenvalue weighted by molar-refractivity contribution is 0.230. The van der Waals surface area contributed by atoms with Gasteiger partial charge in [-0.15, -0.1) is 0 Å². The van der Waals surface area contributed by atoms with E-state index in [9.17, 15) is 0 Å². The molecule has 2 nitrogen and oxygen atoms in total. The van der Waals surface area contributed by atoms with Crippen molar-refractivity contribution in [3.8, 4) is 0 Å². The molecule has 0 amide bonds. The maximum absolute atomic E-state index is 8.81. The molecule has 0 radical (unpaired) electrons. The minimum atomic E-state index is 0.345. The molecule has 1 heterocycles. The van der Waals surface area contributed by atoms with E-state index in [-0.39, 0.29) is 0 Å². The summed E-state index contributed by atoms with van der Waals surface area (Å²) >= 11 is 0. The molecule has 1 atom stereocenters. The number of likely N-dealkylation sites (tertiary alicyclic amines) is 1. The Bertz CT molecular complexity index is 338. The molecular formula is C17H27NO. The number of hydrogen-bond donors (Lipinski definition) is 1. The summed E-state index contributed by atoms with van der Waals surface area (Å²) in [6, 6.07) is 11.6. The van der Waals surface area contributed by atoms with Gasteiger partial charge in [0.2, 0.25) is 0 Å². The van der Waals surface area contributed by atoms with Crippen molar-refractivity contribution in [1.82, 2.24) is 4.90 Å². The topological polar surface area (TPSA) is 23.5 Å². The van der Waals surface area contributed by atoms with Crippen molar-refractivity contribution in [2.75, 3.05) is 19.7 Å². The minimum absolute atomic E-state index is 0.345. The molecule has 1 saturated heterocycles. The van der Waals surface area contributed by atoms with Crippen LogP contribution in [0.2, 0.25) is 0 Å². The Hall–Kier alpha value is -0.860. The van der Waals surface area contributed by atoms with Crippen LogP contribution in [-0.2, 0) is 6.42 Å². The van der Waals surface area contributed by atoms with E-state index in [1.165, 1.54) is 57.2 Å². The van der Waals surface area contributed by atoms with Crippen LogP contribution in [0.15, 0.2) is 30.3 Å². The van der Waals surface area contributed by atoms with Crippen molar-refractivity contribution in [2.45, 2.75) is 51.0 Å². The highest BCUT2D eigenvalue weighted by Crippen LogP contribution is 2.22. The van der Waals surface area contributed by atoms with Crippen LogP contribution in [0, 0.1) is 0 Å². The van der Waals surface area contributed by atoms with E-state index in [2.05, 4.69) is 35.2 Å². The van der Waals surface area contributed by atoms with Gasteiger partial charge in [0.25, 0.3) is 0 Å². The van der Waals surface area contributed by atoms with E-state index in [4.69, 9.17) is 5.11 Å². The molecule has 0 spiro atoms. The molecule has 106 valence electrons. The third-order valence-corrected chi connectivity index (χ3v) is 4.21. The smallest absolute Gasteiger partial charge is 0.0431 e.